The zero-order chi connectivity index (χ0) is 16.9. The maximum absolute atomic E-state index is 12.1. The summed E-state index contributed by atoms with van der Waals surface area (Å²) in [5.41, 5.74) is 0.314. The fourth-order valence-electron chi connectivity index (χ4n) is 2.77. The number of hydrogen-bond acceptors (Lipinski definition) is 4. The van der Waals surface area contributed by atoms with Crippen LogP contribution in [0.1, 0.15) is 52.0 Å². The van der Waals surface area contributed by atoms with Crippen LogP contribution in [0.2, 0.25) is 0 Å². The first-order valence-corrected chi connectivity index (χ1v) is 8.13. The summed E-state index contributed by atoms with van der Waals surface area (Å²) in [6.07, 6.45) is 6.75. The number of alkyl carbamates (subject to hydrolysis) is 1. The van der Waals surface area contributed by atoms with Gasteiger partial charge in [-0.1, -0.05) is 12.8 Å². The molecule has 0 saturated heterocycles. The molecule has 1 heterocycles. The van der Waals surface area contributed by atoms with Crippen LogP contribution in [0.25, 0.3) is 0 Å². The molecular weight excluding hydrogens is 296 g/mol. The van der Waals surface area contributed by atoms with E-state index >= 15 is 0 Å². The SMILES string of the molecule is CC(C)(C)OC(=O)N[C@@H]1CCCC[C@H]1NC(=O)Cc1ccoc1. The van der Waals surface area contributed by atoms with Crippen molar-refractivity contribution in [2.45, 2.75) is 70.6 Å². The number of hydrogen-bond donors (Lipinski definition) is 2. The Morgan fingerprint density at radius 1 is 1.22 bits per heavy atom. The molecule has 23 heavy (non-hydrogen) atoms. The van der Waals surface area contributed by atoms with Crippen molar-refractivity contribution < 1.29 is 18.7 Å². The Balaban J connectivity index is 1.87. The van der Waals surface area contributed by atoms with Crippen LogP contribution in [0.5, 0.6) is 0 Å². The molecule has 1 aromatic rings. The maximum Gasteiger partial charge on any atom is 0.407 e. The van der Waals surface area contributed by atoms with Crippen LogP contribution in [0.4, 0.5) is 4.79 Å². The molecular formula is C17H26N2O4. The Bertz CT molecular complexity index is 519. The second kappa shape index (κ2) is 7.53. The third-order valence-corrected chi connectivity index (χ3v) is 3.76. The van der Waals surface area contributed by atoms with Crippen molar-refractivity contribution >= 4 is 12.0 Å². The van der Waals surface area contributed by atoms with E-state index in [4.69, 9.17) is 9.15 Å². The van der Waals surface area contributed by atoms with Gasteiger partial charge in [0.05, 0.1) is 25.0 Å². The van der Waals surface area contributed by atoms with Crippen molar-refractivity contribution in [3.8, 4) is 0 Å². The lowest BCUT2D eigenvalue weighted by atomic mass is 9.90. The largest absolute Gasteiger partial charge is 0.472 e. The molecule has 1 aliphatic carbocycles. The van der Waals surface area contributed by atoms with E-state index in [-0.39, 0.29) is 24.4 Å². The van der Waals surface area contributed by atoms with Gasteiger partial charge in [-0.15, -0.1) is 0 Å². The van der Waals surface area contributed by atoms with Gasteiger partial charge in [-0.05, 0) is 45.2 Å². The highest BCUT2D eigenvalue weighted by Gasteiger charge is 2.29. The number of nitrogens with one attached hydrogen (secondary N) is 2. The summed E-state index contributed by atoms with van der Waals surface area (Å²) in [4.78, 5) is 24.1. The molecule has 6 heteroatoms. The van der Waals surface area contributed by atoms with E-state index in [1.807, 2.05) is 20.8 Å². The van der Waals surface area contributed by atoms with E-state index in [0.717, 1.165) is 31.2 Å². The first-order chi connectivity index (χ1) is 10.8. The Labute approximate surface area is 137 Å². The summed E-state index contributed by atoms with van der Waals surface area (Å²) >= 11 is 0. The van der Waals surface area contributed by atoms with Gasteiger partial charge in [-0.2, -0.15) is 0 Å². The predicted octanol–water partition coefficient (Wildman–Crippen LogP) is 2.77. The van der Waals surface area contributed by atoms with Gasteiger partial charge in [-0.25, -0.2) is 4.79 Å². The quantitative estimate of drug-likeness (QED) is 0.893. The lowest BCUT2D eigenvalue weighted by Crippen LogP contribution is -2.54. The van der Waals surface area contributed by atoms with E-state index in [1.165, 1.54) is 0 Å². The monoisotopic (exact) mass is 322 g/mol. The number of ether oxygens (including phenoxy) is 1. The minimum atomic E-state index is -0.529. The summed E-state index contributed by atoms with van der Waals surface area (Å²) < 4.78 is 10.3. The van der Waals surface area contributed by atoms with Crippen LogP contribution in [-0.2, 0) is 16.0 Å². The molecule has 128 valence electrons. The molecule has 6 nitrogen and oxygen atoms in total. The van der Waals surface area contributed by atoms with Crippen molar-refractivity contribution in [2.24, 2.45) is 0 Å². The standard InChI is InChI=1S/C17H26N2O4/c1-17(2,3)23-16(21)19-14-7-5-4-6-13(14)18-15(20)10-12-8-9-22-11-12/h8-9,11,13-14H,4-7,10H2,1-3H3,(H,18,20)(H,19,21)/t13-,14-/m1/s1. The van der Waals surface area contributed by atoms with Crippen LogP contribution in [0, 0.1) is 0 Å². The molecule has 1 fully saturated rings. The minimum Gasteiger partial charge on any atom is -0.472 e. The molecule has 2 rings (SSSR count). The molecule has 0 aliphatic heterocycles. The van der Waals surface area contributed by atoms with Crippen molar-refractivity contribution in [1.29, 1.82) is 0 Å². The van der Waals surface area contributed by atoms with Crippen molar-refractivity contribution in [1.82, 2.24) is 10.6 Å². The van der Waals surface area contributed by atoms with Crippen molar-refractivity contribution in [3.63, 3.8) is 0 Å². The van der Waals surface area contributed by atoms with Crippen LogP contribution < -0.4 is 10.6 Å². The summed E-state index contributed by atoms with van der Waals surface area (Å²) in [6.45, 7) is 5.49. The van der Waals surface area contributed by atoms with Crippen molar-refractivity contribution in [3.05, 3.63) is 24.2 Å². The normalized spacial score (nSPS) is 21.5. The number of amides is 2. The van der Waals surface area contributed by atoms with E-state index in [0.29, 0.717) is 0 Å². The summed E-state index contributed by atoms with van der Waals surface area (Å²) in [5.74, 6) is -0.0608. The smallest absolute Gasteiger partial charge is 0.407 e. The third kappa shape index (κ3) is 5.96. The molecule has 0 radical (unpaired) electrons. The zero-order valence-corrected chi connectivity index (χ0v) is 14.1. The van der Waals surface area contributed by atoms with Gasteiger partial charge in [0.15, 0.2) is 0 Å². The average molecular weight is 322 g/mol. The topological polar surface area (TPSA) is 80.6 Å². The van der Waals surface area contributed by atoms with E-state index in [1.54, 1.807) is 18.6 Å². The van der Waals surface area contributed by atoms with Crippen LogP contribution in [0.15, 0.2) is 23.0 Å². The summed E-state index contributed by atoms with van der Waals surface area (Å²) in [6, 6.07) is 1.62. The predicted molar refractivity (Wildman–Crippen MR) is 86.0 cm³/mol. The Hall–Kier alpha value is -1.98. The number of carbonyl (C=O) groups excluding carboxylic acids is 2. The van der Waals surface area contributed by atoms with Crippen LogP contribution in [-0.4, -0.2) is 29.7 Å². The first kappa shape index (κ1) is 17.4. The summed E-state index contributed by atoms with van der Waals surface area (Å²) in [5, 5.41) is 5.92. The highest BCUT2D eigenvalue weighted by Crippen LogP contribution is 2.19. The molecule has 0 bridgehead atoms. The minimum absolute atomic E-state index is 0.0596. The maximum atomic E-state index is 12.1. The second-order valence-electron chi connectivity index (χ2n) is 7.02. The lowest BCUT2D eigenvalue weighted by Gasteiger charge is -2.33. The van der Waals surface area contributed by atoms with Gasteiger partial charge in [-0.3, -0.25) is 4.79 Å². The average Bonchev–Trinajstić information content (AvgIpc) is 2.91. The summed E-state index contributed by atoms with van der Waals surface area (Å²) in [7, 11) is 0. The van der Waals surface area contributed by atoms with Gasteiger partial charge in [0.2, 0.25) is 5.91 Å². The molecule has 2 amide bonds. The zero-order valence-electron chi connectivity index (χ0n) is 14.1. The molecule has 2 atom stereocenters. The van der Waals surface area contributed by atoms with Gasteiger partial charge in [0.1, 0.15) is 5.60 Å². The Kier molecular flexibility index (Phi) is 5.69. The lowest BCUT2D eigenvalue weighted by molar-refractivity contribution is -0.121. The van der Waals surface area contributed by atoms with Crippen LogP contribution >= 0.6 is 0 Å². The third-order valence-electron chi connectivity index (χ3n) is 3.76. The van der Waals surface area contributed by atoms with E-state index < -0.39 is 11.7 Å². The second-order valence-corrected chi connectivity index (χ2v) is 7.02. The fraction of sp³-hybridized carbons (Fsp3) is 0.647. The molecule has 1 aromatic heterocycles. The fourth-order valence-corrected chi connectivity index (χ4v) is 2.77. The number of rotatable bonds is 4. The highest BCUT2D eigenvalue weighted by atomic mass is 16.6. The van der Waals surface area contributed by atoms with Gasteiger partial charge in [0.25, 0.3) is 0 Å². The van der Waals surface area contributed by atoms with Crippen molar-refractivity contribution in [2.75, 3.05) is 0 Å². The Morgan fingerprint density at radius 2 is 1.87 bits per heavy atom. The molecule has 2 N–H and O–H groups in total. The highest BCUT2D eigenvalue weighted by molar-refractivity contribution is 5.79. The van der Waals surface area contributed by atoms with Gasteiger partial charge < -0.3 is 19.8 Å². The molecule has 1 saturated carbocycles. The number of furan rings is 1. The molecule has 1 aliphatic rings. The number of carbonyl (C=O) groups is 2. The van der Waals surface area contributed by atoms with E-state index in [2.05, 4.69) is 10.6 Å². The molecule has 0 spiro atoms. The first-order valence-electron chi connectivity index (χ1n) is 8.13. The molecule has 0 aromatic carbocycles. The Morgan fingerprint density at radius 3 is 2.43 bits per heavy atom. The molecule has 0 unspecified atom stereocenters. The van der Waals surface area contributed by atoms with Crippen LogP contribution in [0.3, 0.4) is 0 Å². The van der Waals surface area contributed by atoms with Gasteiger partial charge >= 0.3 is 6.09 Å². The van der Waals surface area contributed by atoms with E-state index in [9.17, 15) is 9.59 Å². The van der Waals surface area contributed by atoms with Gasteiger partial charge in [0, 0.05) is 6.04 Å².